The molecule has 0 amide bonds. The van der Waals surface area contributed by atoms with Gasteiger partial charge in [-0.15, -0.1) is 11.6 Å². The minimum atomic E-state index is -3.81. The second-order valence-corrected chi connectivity index (χ2v) is 7.05. The van der Waals surface area contributed by atoms with Crippen LogP contribution >= 0.6 is 11.6 Å². The molecule has 0 radical (unpaired) electrons. The van der Waals surface area contributed by atoms with Gasteiger partial charge in [-0.25, -0.2) is 12.8 Å². The Hall–Kier alpha value is -0.690. The van der Waals surface area contributed by atoms with Crippen LogP contribution in [0.25, 0.3) is 0 Å². The van der Waals surface area contributed by atoms with Crippen LogP contribution in [0.1, 0.15) is 12.0 Å². The summed E-state index contributed by atoms with van der Waals surface area (Å²) in [6.45, 7) is 1.26. The van der Waals surface area contributed by atoms with Crippen LogP contribution in [0.15, 0.2) is 23.1 Å². The summed E-state index contributed by atoms with van der Waals surface area (Å²) < 4.78 is 45.1. The van der Waals surface area contributed by atoms with E-state index in [1.807, 2.05) is 0 Å². The summed E-state index contributed by atoms with van der Waals surface area (Å²) in [7, 11) is -2.22. The SMILES string of the molecule is COCC1CCN(S(=O)(=O)c2cc(CCl)ccc2F)C1. The zero-order valence-electron chi connectivity index (χ0n) is 11.2. The highest BCUT2D eigenvalue weighted by molar-refractivity contribution is 7.89. The van der Waals surface area contributed by atoms with E-state index in [1.54, 1.807) is 7.11 Å². The van der Waals surface area contributed by atoms with Crippen molar-refractivity contribution in [3.05, 3.63) is 29.6 Å². The van der Waals surface area contributed by atoms with Crippen LogP contribution in [-0.2, 0) is 20.6 Å². The first-order valence-corrected chi connectivity index (χ1v) is 8.30. The van der Waals surface area contributed by atoms with Gasteiger partial charge in [0.25, 0.3) is 0 Å². The predicted molar refractivity (Wildman–Crippen MR) is 74.7 cm³/mol. The van der Waals surface area contributed by atoms with Crippen molar-refractivity contribution in [2.45, 2.75) is 17.2 Å². The molecule has 1 saturated heterocycles. The number of methoxy groups -OCH3 is 1. The average molecular weight is 322 g/mol. The first-order chi connectivity index (χ1) is 9.48. The molecule has 1 fully saturated rings. The van der Waals surface area contributed by atoms with Gasteiger partial charge in [0.05, 0.1) is 6.61 Å². The molecule has 112 valence electrons. The molecule has 1 atom stereocenters. The fourth-order valence-electron chi connectivity index (χ4n) is 2.35. The summed E-state index contributed by atoms with van der Waals surface area (Å²) in [4.78, 5) is -0.297. The van der Waals surface area contributed by atoms with Crippen LogP contribution in [0.5, 0.6) is 0 Å². The molecule has 0 saturated carbocycles. The number of hydrogen-bond acceptors (Lipinski definition) is 3. The summed E-state index contributed by atoms with van der Waals surface area (Å²) in [5.41, 5.74) is 0.583. The highest BCUT2D eigenvalue weighted by Crippen LogP contribution is 2.27. The molecule has 2 rings (SSSR count). The van der Waals surface area contributed by atoms with Gasteiger partial charge in [0.1, 0.15) is 10.7 Å². The normalized spacial score (nSPS) is 20.4. The van der Waals surface area contributed by atoms with E-state index < -0.39 is 15.8 Å². The van der Waals surface area contributed by atoms with Crippen molar-refractivity contribution in [1.82, 2.24) is 4.31 Å². The molecular formula is C13H17ClFNO3S. The zero-order valence-corrected chi connectivity index (χ0v) is 12.8. The fraction of sp³-hybridized carbons (Fsp3) is 0.538. The van der Waals surface area contributed by atoms with Crippen LogP contribution < -0.4 is 0 Å². The Bertz CT molecular complexity index is 579. The molecule has 0 N–H and O–H groups in total. The summed E-state index contributed by atoms with van der Waals surface area (Å²) >= 11 is 5.68. The first-order valence-electron chi connectivity index (χ1n) is 6.32. The highest BCUT2D eigenvalue weighted by Gasteiger charge is 2.34. The standard InChI is InChI=1S/C13H17ClFNO3S/c1-19-9-11-4-5-16(8-11)20(17,18)13-6-10(7-14)2-3-12(13)15/h2-3,6,11H,4-5,7-9H2,1H3. The van der Waals surface area contributed by atoms with Crippen LogP contribution in [-0.4, -0.2) is 39.5 Å². The number of ether oxygens (including phenoxy) is 1. The average Bonchev–Trinajstić information content (AvgIpc) is 2.89. The lowest BCUT2D eigenvalue weighted by molar-refractivity contribution is 0.157. The molecule has 1 unspecified atom stereocenters. The monoisotopic (exact) mass is 321 g/mol. The second-order valence-electron chi connectivity index (χ2n) is 4.87. The van der Waals surface area contributed by atoms with Crippen molar-refractivity contribution in [3.63, 3.8) is 0 Å². The molecule has 0 aromatic heterocycles. The van der Waals surface area contributed by atoms with E-state index in [0.717, 1.165) is 12.5 Å². The zero-order chi connectivity index (χ0) is 14.8. The Labute approximate surface area is 123 Å². The molecule has 1 aromatic rings. The van der Waals surface area contributed by atoms with E-state index in [2.05, 4.69) is 0 Å². The number of nitrogens with zero attached hydrogens (tertiary/aromatic N) is 1. The van der Waals surface area contributed by atoms with Crippen molar-refractivity contribution in [2.24, 2.45) is 5.92 Å². The Kier molecular flexibility index (Phi) is 5.01. The maximum Gasteiger partial charge on any atom is 0.246 e. The van der Waals surface area contributed by atoms with Gasteiger partial charge in [-0.05, 0) is 30.0 Å². The molecule has 7 heteroatoms. The topological polar surface area (TPSA) is 46.6 Å². The third-order valence-electron chi connectivity index (χ3n) is 3.42. The molecule has 0 aliphatic carbocycles. The minimum absolute atomic E-state index is 0.148. The van der Waals surface area contributed by atoms with Gasteiger partial charge in [0, 0.05) is 26.1 Å². The van der Waals surface area contributed by atoms with Crippen LogP contribution in [0.4, 0.5) is 4.39 Å². The lowest BCUT2D eigenvalue weighted by Crippen LogP contribution is -2.30. The van der Waals surface area contributed by atoms with Crippen LogP contribution in [0.2, 0.25) is 0 Å². The lowest BCUT2D eigenvalue weighted by atomic mass is 10.1. The van der Waals surface area contributed by atoms with Crippen molar-refractivity contribution in [2.75, 3.05) is 26.8 Å². The molecular weight excluding hydrogens is 305 g/mol. The van der Waals surface area contributed by atoms with E-state index in [1.165, 1.54) is 16.4 Å². The van der Waals surface area contributed by atoms with Gasteiger partial charge in [0.15, 0.2) is 0 Å². The molecule has 4 nitrogen and oxygen atoms in total. The number of sulfonamides is 1. The van der Waals surface area contributed by atoms with E-state index in [-0.39, 0.29) is 16.7 Å². The summed E-state index contributed by atoms with van der Waals surface area (Å²) in [5, 5.41) is 0. The van der Waals surface area contributed by atoms with E-state index >= 15 is 0 Å². The molecule has 0 bridgehead atoms. The van der Waals surface area contributed by atoms with Crippen molar-refractivity contribution >= 4 is 21.6 Å². The summed E-state index contributed by atoms with van der Waals surface area (Å²) in [6, 6.07) is 3.94. The van der Waals surface area contributed by atoms with E-state index in [9.17, 15) is 12.8 Å². The number of alkyl halides is 1. The van der Waals surface area contributed by atoms with Gasteiger partial charge in [0.2, 0.25) is 10.0 Å². The number of rotatable bonds is 5. The predicted octanol–water partition coefficient (Wildman–Crippen LogP) is 2.22. The van der Waals surface area contributed by atoms with Gasteiger partial charge in [-0.1, -0.05) is 6.07 Å². The van der Waals surface area contributed by atoms with Gasteiger partial charge >= 0.3 is 0 Å². The lowest BCUT2D eigenvalue weighted by Gasteiger charge is -2.17. The Morgan fingerprint density at radius 1 is 1.50 bits per heavy atom. The number of halogens is 2. The van der Waals surface area contributed by atoms with E-state index in [0.29, 0.717) is 25.3 Å². The third-order valence-corrected chi connectivity index (χ3v) is 5.61. The van der Waals surface area contributed by atoms with Gasteiger partial charge < -0.3 is 4.74 Å². The Balaban J connectivity index is 2.27. The number of hydrogen-bond donors (Lipinski definition) is 0. The van der Waals surface area contributed by atoms with Crippen molar-refractivity contribution < 1.29 is 17.5 Å². The van der Waals surface area contributed by atoms with Crippen molar-refractivity contribution in [1.29, 1.82) is 0 Å². The maximum atomic E-state index is 13.8. The fourth-order valence-corrected chi connectivity index (χ4v) is 4.17. The first kappa shape index (κ1) is 15.7. The molecule has 1 heterocycles. The van der Waals surface area contributed by atoms with Crippen molar-refractivity contribution in [3.8, 4) is 0 Å². The minimum Gasteiger partial charge on any atom is -0.384 e. The summed E-state index contributed by atoms with van der Waals surface area (Å²) in [6.07, 6.45) is 0.726. The highest BCUT2D eigenvalue weighted by atomic mass is 35.5. The summed E-state index contributed by atoms with van der Waals surface area (Å²) in [5.74, 6) is -0.433. The molecule has 1 aliphatic heterocycles. The van der Waals surface area contributed by atoms with Gasteiger partial charge in [-0.2, -0.15) is 4.31 Å². The molecule has 1 aliphatic rings. The maximum absolute atomic E-state index is 13.8. The van der Waals surface area contributed by atoms with Crippen LogP contribution in [0.3, 0.4) is 0 Å². The Morgan fingerprint density at radius 2 is 2.25 bits per heavy atom. The van der Waals surface area contributed by atoms with E-state index in [4.69, 9.17) is 16.3 Å². The Morgan fingerprint density at radius 3 is 2.90 bits per heavy atom. The second kappa shape index (κ2) is 6.39. The van der Waals surface area contributed by atoms with Crippen LogP contribution in [0, 0.1) is 11.7 Å². The third kappa shape index (κ3) is 3.14. The molecule has 0 spiro atoms. The van der Waals surface area contributed by atoms with Gasteiger partial charge in [-0.3, -0.25) is 0 Å². The quantitative estimate of drug-likeness (QED) is 0.781. The molecule has 1 aromatic carbocycles. The molecule has 20 heavy (non-hydrogen) atoms. The smallest absolute Gasteiger partial charge is 0.246 e. The number of benzene rings is 1. The largest absolute Gasteiger partial charge is 0.384 e.